The molecule has 1 aromatic carbocycles. The molecule has 1 aromatic rings. The number of ether oxygens (including phenoxy) is 1. The fourth-order valence-corrected chi connectivity index (χ4v) is 6.26. The van der Waals surface area contributed by atoms with Crippen LogP contribution in [0.4, 0.5) is 8.78 Å². The van der Waals surface area contributed by atoms with Gasteiger partial charge in [0, 0.05) is 6.42 Å². The maximum absolute atomic E-state index is 12.4. The number of sulfone groups is 1. The number of aliphatic hydroxyl groups is 1. The first kappa shape index (κ1) is 15.7. The standard InChI is InChI=1S/C15H18F2O4S/c16-14(17)21-13-4-2-1-3-10(13)7-15(18)8-11-5-6-12(9-15)22(11,19)20/h1-4,11-12,14,18H,5-9H2. The molecule has 22 heavy (non-hydrogen) atoms. The lowest BCUT2D eigenvalue weighted by Gasteiger charge is -2.36. The summed E-state index contributed by atoms with van der Waals surface area (Å²) < 4.78 is 53.6. The van der Waals surface area contributed by atoms with Crippen molar-refractivity contribution in [1.29, 1.82) is 0 Å². The van der Waals surface area contributed by atoms with E-state index in [0.717, 1.165) is 0 Å². The number of hydrogen-bond acceptors (Lipinski definition) is 4. The van der Waals surface area contributed by atoms with Crippen LogP contribution in [0.2, 0.25) is 0 Å². The van der Waals surface area contributed by atoms with Gasteiger partial charge in [-0.05, 0) is 37.3 Å². The van der Waals surface area contributed by atoms with Gasteiger partial charge in [-0.1, -0.05) is 18.2 Å². The summed E-state index contributed by atoms with van der Waals surface area (Å²) in [6.45, 7) is -2.93. The highest BCUT2D eigenvalue weighted by molar-refractivity contribution is 7.93. The Balaban J connectivity index is 1.82. The number of hydrogen-bond donors (Lipinski definition) is 1. The SMILES string of the molecule is O=S1(=O)C2CCC1CC(O)(Cc1ccccc1OC(F)F)C2. The Kier molecular flexibility index (Phi) is 3.89. The van der Waals surface area contributed by atoms with Crippen LogP contribution < -0.4 is 4.74 Å². The zero-order valence-electron chi connectivity index (χ0n) is 11.9. The summed E-state index contributed by atoms with van der Waals surface area (Å²) in [7, 11) is -3.13. The topological polar surface area (TPSA) is 63.6 Å². The summed E-state index contributed by atoms with van der Waals surface area (Å²) >= 11 is 0. The van der Waals surface area contributed by atoms with Crippen LogP contribution in [0.25, 0.3) is 0 Å². The van der Waals surface area contributed by atoms with Crippen molar-refractivity contribution in [3.05, 3.63) is 29.8 Å². The molecular formula is C15H18F2O4S. The van der Waals surface area contributed by atoms with Crippen LogP contribution in [0, 0.1) is 0 Å². The molecule has 0 spiro atoms. The van der Waals surface area contributed by atoms with Gasteiger partial charge in [0.15, 0.2) is 9.84 Å². The molecule has 0 aromatic heterocycles. The molecule has 2 bridgehead atoms. The number of fused-ring (bicyclic) bond motifs is 2. The summed E-state index contributed by atoms with van der Waals surface area (Å²) in [6.07, 6.45) is 1.59. The van der Waals surface area contributed by atoms with Crippen molar-refractivity contribution in [1.82, 2.24) is 0 Å². The summed E-state index contributed by atoms with van der Waals surface area (Å²) in [5.41, 5.74) is -0.706. The van der Waals surface area contributed by atoms with Crippen molar-refractivity contribution in [2.24, 2.45) is 0 Å². The molecule has 4 nitrogen and oxygen atoms in total. The van der Waals surface area contributed by atoms with Gasteiger partial charge in [0.1, 0.15) is 5.75 Å². The molecule has 0 amide bonds. The Bertz CT molecular complexity index is 639. The van der Waals surface area contributed by atoms with Gasteiger partial charge < -0.3 is 9.84 Å². The Morgan fingerprint density at radius 3 is 2.41 bits per heavy atom. The first-order valence-corrected chi connectivity index (χ1v) is 8.89. The Morgan fingerprint density at radius 2 is 1.82 bits per heavy atom. The van der Waals surface area contributed by atoms with Crippen LogP contribution in [0.3, 0.4) is 0 Å². The van der Waals surface area contributed by atoms with E-state index in [0.29, 0.717) is 18.4 Å². The van der Waals surface area contributed by atoms with Gasteiger partial charge in [-0.3, -0.25) is 0 Å². The fraction of sp³-hybridized carbons (Fsp3) is 0.600. The lowest BCUT2D eigenvalue weighted by Crippen LogP contribution is -2.46. The lowest BCUT2D eigenvalue weighted by atomic mass is 9.86. The van der Waals surface area contributed by atoms with Gasteiger partial charge in [-0.15, -0.1) is 0 Å². The van der Waals surface area contributed by atoms with E-state index in [1.165, 1.54) is 6.07 Å². The Hall–Kier alpha value is -1.21. The molecule has 3 rings (SSSR count). The molecule has 2 saturated heterocycles. The van der Waals surface area contributed by atoms with Crippen LogP contribution >= 0.6 is 0 Å². The highest BCUT2D eigenvalue weighted by Crippen LogP contribution is 2.45. The third-order valence-corrected chi connectivity index (χ3v) is 7.33. The number of halogens is 2. The summed E-state index contributed by atoms with van der Waals surface area (Å²) in [4.78, 5) is 0. The number of para-hydroxylation sites is 1. The van der Waals surface area contributed by atoms with Crippen LogP contribution in [0.15, 0.2) is 24.3 Å². The summed E-state index contributed by atoms with van der Waals surface area (Å²) in [5.74, 6) is 0.0340. The monoisotopic (exact) mass is 332 g/mol. The quantitative estimate of drug-likeness (QED) is 0.919. The highest BCUT2D eigenvalue weighted by atomic mass is 32.2. The predicted molar refractivity (Wildman–Crippen MR) is 76.7 cm³/mol. The van der Waals surface area contributed by atoms with Crippen LogP contribution in [-0.2, 0) is 16.3 Å². The average Bonchev–Trinajstić information content (AvgIpc) is 2.60. The van der Waals surface area contributed by atoms with Crippen molar-refractivity contribution < 1.29 is 27.0 Å². The smallest absolute Gasteiger partial charge is 0.387 e. The molecule has 2 fully saturated rings. The van der Waals surface area contributed by atoms with Gasteiger partial charge in [-0.25, -0.2) is 8.42 Å². The summed E-state index contributed by atoms with van der Waals surface area (Å²) in [5, 5.41) is 9.76. The largest absolute Gasteiger partial charge is 0.435 e. The van der Waals surface area contributed by atoms with Crippen molar-refractivity contribution >= 4 is 9.84 Å². The molecule has 0 aliphatic carbocycles. The van der Waals surface area contributed by atoms with Crippen molar-refractivity contribution in [3.63, 3.8) is 0 Å². The van der Waals surface area contributed by atoms with Crippen molar-refractivity contribution in [2.45, 2.75) is 54.8 Å². The molecule has 7 heteroatoms. The lowest BCUT2D eigenvalue weighted by molar-refractivity contribution is -0.0516. The van der Waals surface area contributed by atoms with E-state index in [-0.39, 0.29) is 25.0 Å². The first-order chi connectivity index (χ1) is 10.3. The predicted octanol–water partition coefficient (Wildman–Crippen LogP) is 2.30. The molecule has 1 N–H and O–H groups in total. The van der Waals surface area contributed by atoms with E-state index in [2.05, 4.69) is 4.74 Å². The fourth-order valence-electron chi connectivity index (χ4n) is 3.70. The Labute approximate surface area is 128 Å². The molecule has 2 atom stereocenters. The van der Waals surface area contributed by atoms with E-state index in [9.17, 15) is 22.3 Å². The molecule has 122 valence electrons. The van der Waals surface area contributed by atoms with Crippen LogP contribution in [0.5, 0.6) is 5.75 Å². The van der Waals surface area contributed by atoms with Crippen molar-refractivity contribution in [3.8, 4) is 5.75 Å². The zero-order valence-corrected chi connectivity index (χ0v) is 12.7. The van der Waals surface area contributed by atoms with E-state index in [1.54, 1.807) is 18.2 Å². The second-order valence-corrected chi connectivity index (χ2v) is 8.72. The summed E-state index contributed by atoms with van der Waals surface area (Å²) in [6, 6.07) is 6.32. The van der Waals surface area contributed by atoms with Crippen LogP contribution in [-0.4, -0.2) is 36.2 Å². The second-order valence-electron chi connectivity index (χ2n) is 6.21. The maximum atomic E-state index is 12.4. The molecule has 2 heterocycles. The minimum absolute atomic E-state index is 0.0340. The molecule has 0 saturated carbocycles. The second kappa shape index (κ2) is 5.45. The molecule has 2 unspecified atom stereocenters. The molecular weight excluding hydrogens is 314 g/mol. The van der Waals surface area contributed by atoms with Gasteiger partial charge in [0.25, 0.3) is 0 Å². The van der Waals surface area contributed by atoms with Crippen LogP contribution in [0.1, 0.15) is 31.2 Å². The van der Waals surface area contributed by atoms with Crippen molar-refractivity contribution in [2.75, 3.05) is 0 Å². The minimum Gasteiger partial charge on any atom is -0.435 e. The molecule has 2 aliphatic rings. The maximum Gasteiger partial charge on any atom is 0.387 e. The zero-order chi connectivity index (χ0) is 16.0. The van der Waals surface area contributed by atoms with Gasteiger partial charge in [0.05, 0.1) is 16.1 Å². The van der Waals surface area contributed by atoms with E-state index >= 15 is 0 Å². The molecule has 0 radical (unpaired) electrons. The van der Waals surface area contributed by atoms with E-state index in [1.807, 2.05) is 0 Å². The van der Waals surface area contributed by atoms with E-state index in [4.69, 9.17) is 0 Å². The average molecular weight is 332 g/mol. The third kappa shape index (κ3) is 2.84. The van der Waals surface area contributed by atoms with Gasteiger partial charge in [0.2, 0.25) is 0 Å². The Morgan fingerprint density at radius 1 is 1.23 bits per heavy atom. The number of rotatable bonds is 4. The first-order valence-electron chi connectivity index (χ1n) is 7.28. The van der Waals surface area contributed by atoms with Gasteiger partial charge in [-0.2, -0.15) is 8.78 Å². The third-order valence-electron chi connectivity index (χ3n) is 4.66. The highest BCUT2D eigenvalue weighted by Gasteiger charge is 2.52. The van der Waals surface area contributed by atoms with E-state index < -0.39 is 32.5 Å². The minimum atomic E-state index is -3.13. The number of benzene rings is 1. The normalized spacial score (nSPS) is 33.1. The number of alkyl halides is 2. The molecule has 2 aliphatic heterocycles. The van der Waals surface area contributed by atoms with Gasteiger partial charge >= 0.3 is 6.61 Å².